The number of unbranched alkanes of at least 4 members (excludes halogenated alkanes) is 1. The minimum atomic E-state index is -0.545. The van der Waals surface area contributed by atoms with Crippen LogP contribution in [-0.4, -0.2) is 32.0 Å². The molecule has 138 valence electrons. The average molecular weight is 348 g/mol. The van der Waals surface area contributed by atoms with E-state index in [1.54, 1.807) is 13.2 Å². The third-order valence-corrected chi connectivity index (χ3v) is 5.62. The zero-order valence-electron chi connectivity index (χ0n) is 15.4. The van der Waals surface area contributed by atoms with Gasteiger partial charge in [-0.05, 0) is 19.3 Å². The summed E-state index contributed by atoms with van der Waals surface area (Å²) in [5, 5.41) is 3.49. The Bertz CT molecular complexity index is 774. The number of nitrogens with zero attached hydrogens (tertiary/aromatic N) is 3. The van der Waals surface area contributed by atoms with Crippen LogP contribution in [0.1, 0.15) is 63.6 Å². The SMILES string of the molecule is CCCCN1C(=O)C2(CCCCC2)N[C@@H]1c1cn(C)c(=O)n(C)c1=O. The summed E-state index contributed by atoms with van der Waals surface area (Å²) in [6.45, 7) is 2.71. The molecule has 2 heterocycles. The fourth-order valence-corrected chi connectivity index (χ4v) is 4.14. The first-order valence-electron chi connectivity index (χ1n) is 9.26. The van der Waals surface area contributed by atoms with Gasteiger partial charge in [0.05, 0.1) is 11.1 Å². The molecule has 3 rings (SSSR count). The van der Waals surface area contributed by atoms with Gasteiger partial charge in [-0.1, -0.05) is 32.6 Å². The molecule has 2 aliphatic rings. The Morgan fingerprint density at radius 3 is 2.48 bits per heavy atom. The van der Waals surface area contributed by atoms with Crippen LogP contribution in [0.3, 0.4) is 0 Å². The Labute approximate surface area is 147 Å². The Balaban J connectivity index is 2.05. The first-order valence-corrected chi connectivity index (χ1v) is 9.26. The number of hydrogen-bond acceptors (Lipinski definition) is 4. The Morgan fingerprint density at radius 2 is 1.84 bits per heavy atom. The van der Waals surface area contributed by atoms with Gasteiger partial charge in [-0.15, -0.1) is 0 Å². The number of aryl methyl sites for hydroxylation is 1. The summed E-state index contributed by atoms with van der Waals surface area (Å²) in [5.74, 6) is 0.113. The zero-order chi connectivity index (χ0) is 18.2. The van der Waals surface area contributed by atoms with Gasteiger partial charge >= 0.3 is 5.69 Å². The lowest BCUT2D eigenvalue weighted by Gasteiger charge is -2.31. The van der Waals surface area contributed by atoms with Crippen LogP contribution in [-0.2, 0) is 18.9 Å². The van der Waals surface area contributed by atoms with Crippen LogP contribution in [0.5, 0.6) is 0 Å². The van der Waals surface area contributed by atoms with Gasteiger partial charge in [0.15, 0.2) is 0 Å². The molecule has 1 aliphatic heterocycles. The smallest absolute Gasteiger partial charge is 0.321 e. The van der Waals surface area contributed by atoms with Crippen molar-refractivity contribution >= 4 is 5.91 Å². The molecule has 2 fully saturated rings. The van der Waals surface area contributed by atoms with Gasteiger partial charge in [-0.2, -0.15) is 0 Å². The molecule has 1 spiro atoms. The minimum absolute atomic E-state index is 0.113. The van der Waals surface area contributed by atoms with Crippen molar-refractivity contribution in [3.05, 3.63) is 32.6 Å². The van der Waals surface area contributed by atoms with E-state index in [1.165, 1.54) is 11.6 Å². The van der Waals surface area contributed by atoms with Crippen LogP contribution in [0, 0.1) is 0 Å². The summed E-state index contributed by atoms with van der Waals surface area (Å²) in [4.78, 5) is 39.7. The number of aromatic nitrogens is 2. The summed E-state index contributed by atoms with van der Waals surface area (Å²) >= 11 is 0. The second-order valence-corrected chi connectivity index (χ2v) is 7.38. The highest BCUT2D eigenvalue weighted by molar-refractivity contribution is 5.89. The fourth-order valence-electron chi connectivity index (χ4n) is 4.14. The van der Waals surface area contributed by atoms with Crippen LogP contribution in [0.2, 0.25) is 0 Å². The quantitative estimate of drug-likeness (QED) is 0.881. The molecule has 0 unspecified atom stereocenters. The van der Waals surface area contributed by atoms with Crippen molar-refractivity contribution in [3.63, 3.8) is 0 Å². The first-order chi connectivity index (χ1) is 11.9. The van der Waals surface area contributed by atoms with Gasteiger partial charge in [-0.25, -0.2) is 4.79 Å². The van der Waals surface area contributed by atoms with Gasteiger partial charge in [0.1, 0.15) is 6.17 Å². The molecule has 1 saturated carbocycles. The molecule has 1 aromatic heterocycles. The van der Waals surface area contributed by atoms with E-state index < -0.39 is 11.7 Å². The van der Waals surface area contributed by atoms with Crippen molar-refractivity contribution < 1.29 is 4.79 Å². The van der Waals surface area contributed by atoms with Gasteiger partial charge in [0, 0.05) is 26.8 Å². The molecular weight excluding hydrogens is 320 g/mol. The van der Waals surface area contributed by atoms with E-state index in [-0.39, 0.29) is 17.2 Å². The van der Waals surface area contributed by atoms with Crippen LogP contribution in [0.25, 0.3) is 0 Å². The molecule has 1 N–H and O–H groups in total. The van der Waals surface area contributed by atoms with E-state index in [9.17, 15) is 14.4 Å². The first kappa shape index (κ1) is 17.9. The third-order valence-electron chi connectivity index (χ3n) is 5.62. The molecule has 1 aromatic rings. The number of nitrogens with one attached hydrogen (secondary N) is 1. The van der Waals surface area contributed by atoms with E-state index in [4.69, 9.17) is 0 Å². The molecule has 1 saturated heterocycles. The van der Waals surface area contributed by atoms with Crippen LogP contribution in [0.4, 0.5) is 0 Å². The Morgan fingerprint density at radius 1 is 1.16 bits per heavy atom. The predicted molar refractivity (Wildman–Crippen MR) is 95.2 cm³/mol. The minimum Gasteiger partial charge on any atom is -0.321 e. The number of rotatable bonds is 4. The van der Waals surface area contributed by atoms with Gasteiger partial charge < -0.3 is 9.47 Å². The maximum atomic E-state index is 13.2. The van der Waals surface area contributed by atoms with Gasteiger partial charge in [-0.3, -0.25) is 19.5 Å². The summed E-state index contributed by atoms with van der Waals surface area (Å²) in [6.07, 6.45) is 7.84. The number of amides is 1. The largest absolute Gasteiger partial charge is 0.330 e. The molecule has 7 nitrogen and oxygen atoms in total. The fraction of sp³-hybridized carbons (Fsp3) is 0.722. The van der Waals surface area contributed by atoms with Crippen molar-refractivity contribution in [2.24, 2.45) is 14.1 Å². The molecule has 25 heavy (non-hydrogen) atoms. The highest BCUT2D eigenvalue weighted by Crippen LogP contribution is 2.39. The van der Waals surface area contributed by atoms with Crippen molar-refractivity contribution in [1.82, 2.24) is 19.4 Å². The molecule has 7 heteroatoms. The lowest BCUT2D eigenvalue weighted by Crippen LogP contribution is -2.48. The summed E-state index contributed by atoms with van der Waals surface area (Å²) in [6, 6.07) is 0. The zero-order valence-corrected chi connectivity index (χ0v) is 15.4. The third kappa shape index (κ3) is 2.94. The monoisotopic (exact) mass is 348 g/mol. The summed E-state index contributed by atoms with van der Waals surface area (Å²) in [7, 11) is 3.12. The van der Waals surface area contributed by atoms with Crippen molar-refractivity contribution in [3.8, 4) is 0 Å². The molecule has 1 aliphatic carbocycles. The second kappa shape index (κ2) is 6.78. The normalized spacial score (nSPS) is 22.8. The van der Waals surface area contributed by atoms with E-state index in [0.29, 0.717) is 12.1 Å². The molecule has 1 atom stereocenters. The molecular formula is C18H28N4O3. The highest BCUT2D eigenvalue weighted by atomic mass is 16.2. The maximum Gasteiger partial charge on any atom is 0.330 e. The lowest BCUT2D eigenvalue weighted by atomic mass is 9.81. The predicted octanol–water partition coefficient (Wildman–Crippen LogP) is 1.02. The lowest BCUT2D eigenvalue weighted by molar-refractivity contribution is -0.134. The van der Waals surface area contributed by atoms with Crippen LogP contribution >= 0.6 is 0 Å². The number of carbonyl (C=O) groups is 1. The maximum absolute atomic E-state index is 13.2. The van der Waals surface area contributed by atoms with E-state index >= 15 is 0 Å². The Hall–Kier alpha value is -1.89. The van der Waals surface area contributed by atoms with Crippen molar-refractivity contribution in [2.75, 3.05) is 6.54 Å². The topological polar surface area (TPSA) is 76.3 Å². The summed E-state index contributed by atoms with van der Waals surface area (Å²) < 4.78 is 2.53. The molecule has 0 radical (unpaired) electrons. The van der Waals surface area contributed by atoms with Gasteiger partial charge in [0.2, 0.25) is 5.91 Å². The number of carbonyl (C=O) groups excluding carboxylic acids is 1. The van der Waals surface area contributed by atoms with E-state index in [2.05, 4.69) is 12.2 Å². The Kier molecular flexibility index (Phi) is 4.86. The van der Waals surface area contributed by atoms with E-state index in [1.807, 2.05) is 4.90 Å². The second-order valence-electron chi connectivity index (χ2n) is 7.38. The van der Waals surface area contributed by atoms with Gasteiger partial charge in [0.25, 0.3) is 5.56 Å². The molecule has 0 aromatic carbocycles. The number of hydrogen-bond donors (Lipinski definition) is 1. The standard InChI is InChI=1S/C18H28N4O3/c1-4-5-11-22-14(13-12-20(2)17(25)21(3)15(13)23)19-18(16(22)24)9-7-6-8-10-18/h12,14,19H,4-11H2,1-3H3/t14-/m0/s1. The van der Waals surface area contributed by atoms with E-state index in [0.717, 1.165) is 49.5 Å². The molecule has 1 amide bonds. The van der Waals surface area contributed by atoms with Crippen LogP contribution in [0.15, 0.2) is 15.8 Å². The van der Waals surface area contributed by atoms with Crippen LogP contribution < -0.4 is 16.6 Å². The van der Waals surface area contributed by atoms with Crippen molar-refractivity contribution in [1.29, 1.82) is 0 Å². The summed E-state index contributed by atoms with van der Waals surface area (Å²) in [5.41, 5.74) is -0.763. The van der Waals surface area contributed by atoms with Crippen molar-refractivity contribution in [2.45, 2.75) is 63.6 Å². The average Bonchev–Trinajstić information content (AvgIpc) is 2.87. The highest BCUT2D eigenvalue weighted by Gasteiger charge is 2.52. The molecule has 0 bridgehead atoms.